The summed E-state index contributed by atoms with van der Waals surface area (Å²) in [5.41, 5.74) is 3.11. The van der Waals surface area contributed by atoms with Crippen LogP contribution in [0.25, 0.3) is 0 Å². The van der Waals surface area contributed by atoms with Gasteiger partial charge in [0.05, 0.1) is 5.56 Å². The predicted molar refractivity (Wildman–Crippen MR) is 122 cm³/mol. The van der Waals surface area contributed by atoms with E-state index in [-0.39, 0.29) is 5.91 Å². The van der Waals surface area contributed by atoms with Crippen LogP contribution in [0, 0.1) is 0 Å². The van der Waals surface area contributed by atoms with Gasteiger partial charge in [-0.3, -0.25) is 4.79 Å². The normalized spacial score (nSPS) is 10.6. The highest BCUT2D eigenvalue weighted by Crippen LogP contribution is 2.26. The molecule has 0 unspecified atom stereocenters. The molecule has 0 aliphatic carbocycles. The van der Waals surface area contributed by atoms with E-state index in [1.54, 1.807) is 23.5 Å². The Balaban J connectivity index is 1.47. The van der Waals surface area contributed by atoms with E-state index in [0.29, 0.717) is 6.54 Å². The molecule has 0 spiro atoms. The van der Waals surface area contributed by atoms with Gasteiger partial charge in [-0.25, -0.2) is 0 Å². The molecule has 0 saturated carbocycles. The van der Waals surface area contributed by atoms with Gasteiger partial charge >= 0.3 is 0 Å². The van der Waals surface area contributed by atoms with Crippen molar-refractivity contribution in [3.8, 4) is 0 Å². The average Bonchev–Trinajstić information content (AvgIpc) is 2.74. The van der Waals surface area contributed by atoms with E-state index < -0.39 is 0 Å². The lowest BCUT2D eigenvalue weighted by molar-refractivity contribution is 0.0953. The van der Waals surface area contributed by atoms with Crippen molar-refractivity contribution in [2.75, 3.05) is 12.3 Å². The standard InChI is InChI=1S/C23H22ClNOS2/c24-21-12-6-4-10-19(21)17-27-15-14-25-23(26)20-11-5-7-13-22(20)28-16-18-8-2-1-3-9-18/h1-13H,14-17H2,(H,25,26). The molecule has 0 aliphatic heterocycles. The van der Waals surface area contributed by atoms with Gasteiger partial charge < -0.3 is 5.32 Å². The highest BCUT2D eigenvalue weighted by atomic mass is 35.5. The SMILES string of the molecule is O=C(NCCSCc1ccccc1Cl)c1ccccc1SCc1ccccc1. The topological polar surface area (TPSA) is 29.1 Å². The number of rotatable bonds is 9. The lowest BCUT2D eigenvalue weighted by Gasteiger charge is -2.10. The van der Waals surface area contributed by atoms with E-state index in [0.717, 1.165) is 38.3 Å². The van der Waals surface area contributed by atoms with Gasteiger partial charge in [0, 0.05) is 33.7 Å². The van der Waals surface area contributed by atoms with E-state index in [2.05, 4.69) is 17.4 Å². The van der Waals surface area contributed by atoms with Gasteiger partial charge in [-0.05, 0) is 29.3 Å². The molecule has 0 atom stereocenters. The molecule has 3 aromatic rings. The summed E-state index contributed by atoms with van der Waals surface area (Å²) in [5, 5.41) is 3.83. The number of hydrogen-bond donors (Lipinski definition) is 1. The van der Waals surface area contributed by atoms with Gasteiger partial charge in [0.2, 0.25) is 0 Å². The van der Waals surface area contributed by atoms with E-state index in [1.807, 2.05) is 66.7 Å². The monoisotopic (exact) mass is 427 g/mol. The smallest absolute Gasteiger partial charge is 0.252 e. The first-order chi connectivity index (χ1) is 13.7. The van der Waals surface area contributed by atoms with Crippen molar-refractivity contribution in [1.29, 1.82) is 0 Å². The molecular weight excluding hydrogens is 406 g/mol. The Labute approximate surface area is 180 Å². The Kier molecular flexibility index (Phi) is 8.34. The van der Waals surface area contributed by atoms with Crippen LogP contribution in [0.1, 0.15) is 21.5 Å². The molecule has 0 fully saturated rings. The summed E-state index contributed by atoms with van der Waals surface area (Å²) < 4.78 is 0. The number of carbonyl (C=O) groups is 1. The van der Waals surface area contributed by atoms with E-state index in [4.69, 9.17) is 11.6 Å². The second-order valence-corrected chi connectivity index (χ2v) is 8.70. The summed E-state index contributed by atoms with van der Waals surface area (Å²) in [4.78, 5) is 13.6. The van der Waals surface area contributed by atoms with Gasteiger partial charge in [-0.2, -0.15) is 11.8 Å². The number of thioether (sulfide) groups is 2. The van der Waals surface area contributed by atoms with Crippen molar-refractivity contribution in [2.45, 2.75) is 16.4 Å². The number of carbonyl (C=O) groups excluding carboxylic acids is 1. The number of amides is 1. The van der Waals surface area contributed by atoms with Crippen LogP contribution in [0.3, 0.4) is 0 Å². The van der Waals surface area contributed by atoms with Crippen molar-refractivity contribution >= 4 is 41.0 Å². The van der Waals surface area contributed by atoms with Crippen LogP contribution in [-0.2, 0) is 11.5 Å². The molecule has 3 aromatic carbocycles. The largest absolute Gasteiger partial charge is 0.351 e. The van der Waals surface area contributed by atoms with Crippen LogP contribution in [0.4, 0.5) is 0 Å². The van der Waals surface area contributed by atoms with Crippen LogP contribution < -0.4 is 5.32 Å². The summed E-state index contributed by atoms with van der Waals surface area (Å²) in [6.45, 7) is 0.631. The first kappa shape index (κ1) is 20.8. The predicted octanol–water partition coefficient (Wildman–Crippen LogP) is 6.30. The van der Waals surface area contributed by atoms with Crippen LogP contribution >= 0.6 is 35.1 Å². The Morgan fingerprint density at radius 1 is 0.857 bits per heavy atom. The number of nitrogens with one attached hydrogen (secondary N) is 1. The fourth-order valence-corrected chi connectivity index (χ4v) is 4.79. The van der Waals surface area contributed by atoms with Gasteiger partial charge in [0.15, 0.2) is 0 Å². The maximum atomic E-state index is 12.6. The third-order valence-corrected chi connectivity index (χ3v) is 6.64. The highest BCUT2D eigenvalue weighted by molar-refractivity contribution is 7.98. The zero-order chi connectivity index (χ0) is 19.6. The van der Waals surface area contributed by atoms with Crippen LogP contribution in [0.5, 0.6) is 0 Å². The van der Waals surface area contributed by atoms with Crippen LogP contribution in [-0.4, -0.2) is 18.2 Å². The third-order valence-electron chi connectivity index (χ3n) is 4.12. The summed E-state index contributed by atoms with van der Waals surface area (Å²) in [6, 6.07) is 25.9. The maximum absolute atomic E-state index is 12.6. The van der Waals surface area contributed by atoms with Crippen molar-refractivity contribution in [2.24, 2.45) is 0 Å². The first-order valence-electron chi connectivity index (χ1n) is 9.09. The molecule has 1 amide bonds. The van der Waals surface area contributed by atoms with Crippen molar-refractivity contribution < 1.29 is 4.79 Å². The van der Waals surface area contributed by atoms with Crippen molar-refractivity contribution in [1.82, 2.24) is 5.32 Å². The van der Waals surface area contributed by atoms with Crippen LogP contribution in [0.15, 0.2) is 83.8 Å². The Hall–Kier alpha value is -1.88. The first-order valence-corrected chi connectivity index (χ1v) is 11.6. The van der Waals surface area contributed by atoms with Gasteiger partial charge in [0.1, 0.15) is 0 Å². The fourth-order valence-electron chi connectivity index (χ4n) is 2.64. The van der Waals surface area contributed by atoms with E-state index >= 15 is 0 Å². The molecule has 0 aromatic heterocycles. The average molecular weight is 428 g/mol. The minimum atomic E-state index is -0.0190. The molecule has 2 nitrogen and oxygen atoms in total. The molecule has 0 heterocycles. The number of hydrogen-bond acceptors (Lipinski definition) is 3. The zero-order valence-corrected chi connectivity index (χ0v) is 17.8. The Morgan fingerprint density at radius 2 is 1.57 bits per heavy atom. The molecular formula is C23H22ClNOS2. The lowest BCUT2D eigenvalue weighted by atomic mass is 10.2. The van der Waals surface area contributed by atoms with Crippen LogP contribution in [0.2, 0.25) is 5.02 Å². The summed E-state index contributed by atoms with van der Waals surface area (Å²) >= 11 is 9.63. The van der Waals surface area contributed by atoms with Gasteiger partial charge in [0.25, 0.3) is 5.91 Å². The summed E-state index contributed by atoms with van der Waals surface area (Å²) in [6.07, 6.45) is 0. The Morgan fingerprint density at radius 3 is 2.39 bits per heavy atom. The van der Waals surface area contributed by atoms with Gasteiger partial charge in [-0.15, -0.1) is 11.8 Å². The quantitative estimate of drug-likeness (QED) is 0.321. The van der Waals surface area contributed by atoms with E-state index in [9.17, 15) is 4.79 Å². The highest BCUT2D eigenvalue weighted by Gasteiger charge is 2.11. The summed E-state index contributed by atoms with van der Waals surface area (Å²) in [5.74, 6) is 2.52. The fraction of sp³-hybridized carbons (Fsp3) is 0.174. The zero-order valence-electron chi connectivity index (χ0n) is 15.4. The molecule has 0 bridgehead atoms. The molecule has 144 valence electrons. The molecule has 0 saturated heterocycles. The van der Waals surface area contributed by atoms with E-state index in [1.165, 1.54) is 5.56 Å². The minimum Gasteiger partial charge on any atom is -0.351 e. The number of halogens is 1. The molecule has 0 radical (unpaired) electrons. The number of benzene rings is 3. The molecule has 1 N–H and O–H groups in total. The summed E-state index contributed by atoms with van der Waals surface area (Å²) in [7, 11) is 0. The van der Waals surface area contributed by atoms with Crippen molar-refractivity contribution in [3.05, 3.63) is 101 Å². The molecule has 3 rings (SSSR count). The minimum absolute atomic E-state index is 0.0190. The van der Waals surface area contributed by atoms with Crippen molar-refractivity contribution in [3.63, 3.8) is 0 Å². The van der Waals surface area contributed by atoms with Gasteiger partial charge in [-0.1, -0.05) is 72.3 Å². The third kappa shape index (κ3) is 6.33. The molecule has 5 heteroatoms. The molecule has 28 heavy (non-hydrogen) atoms. The Bertz CT molecular complexity index is 902. The second kappa shape index (κ2) is 11.2. The maximum Gasteiger partial charge on any atom is 0.252 e. The molecule has 0 aliphatic rings. The second-order valence-electron chi connectivity index (χ2n) is 6.17. The lowest BCUT2D eigenvalue weighted by Crippen LogP contribution is -2.26.